The van der Waals surface area contributed by atoms with Gasteiger partial charge in [-0.25, -0.2) is 4.68 Å². The Hall–Kier alpha value is -1.15. The van der Waals surface area contributed by atoms with Gasteiger partial charge in [0, 0.05) is 30.4 Å². The molecule has 86 valence electrons. The molecule has 2 aromatic rings. The average Bonchev–Trinajstić information content (AvgIpc) is 2.79. The topological polar surface area (TPSA) is 65.6 Å². The van der Waals surface area contributed by atoms with Crippen LogP contribution >= 0.6 is 23.1 Å². The number of hydrogen-bond acceptors (Lipinski definition) is 6. The van der Waals surface area contributed by atoms with Crippen molar-refractivity contribution in [2.75, 3.05) is 5.75 Å². The van der Waals surface area contributed by atoms with E-state index in [9.17, 15) is 4.79 Å². The maximum Gasteiger partial charge on any atom is 0.307 e. The lowest BCUT2D eigenvalue weighted by Crippen LogP contribution is -2.15. The fraction of sp³-hybridized carbons (Fsp3) is 0.500. The Labute approximate surface area is 100 Å². The summed E-state index contributed by atoms with van der Waals surface area (Å²) in [7, 11) is 1.80. The molecule has 0 N–H and O–H groups in total. The molecule has 6 nitrogen and oxygen atoms in total. The summed E-state index contributed by atoms with van der Waals surface area (Å²) in [5.41, 5.74) is 1.01. The summed E-state index contributed by atoms with van der Waals surface area (Å²) >= 11 is 2.78. The molecule has 16 heavy (non-hydrogen) atoms. The van der Waals surface area contributed by atoms with Crippen LogP contribution in [0.1, 0.15) is 5.69 Å². The molecule has 0 unspecified atom stereocenters. The highest BCUT2D eigenvalue weighted by molar-refractivity contribution is 7.99. The van der Waals surface area contributed by atoms with E-state index in [2.05, 4.69) is 15.5 Å². The highest BCUT2D eigenvalue weighted by atomic mass is 32.2. The van der Waals surface area contributed by atoms with Crippen molar-refractivity contribution in [3.05, 3.63) is 20.7 Å². The number of tetrazole rings is 1. The van der Waals surface area contributed by atoms with Crippen molar-refractivity contribution >= 4 is 23.1 Å². The van der Waals surface area contributed by atoms with Gasteiger partial charge in [0.1, 0.15) is 0 Å². The molecule has 2 heterocycles. The monoisotopic (exact) mass is 257 g/mol. The Kier molecular flexibility index (Phi) is 3.39. The predicted octanol–water partition coefficient (Wildman–Crippen LogP) is 0.534. The van der Waals surface area contributed by atoms with E-state index in [1.54, 1.807) is 28.1 Å². The maximum atomic E-state index is 11.4. The zero-order valence-electron chi connectivity index (χ0n) is 8.95. The van der Waals surface area contributed by atoms with E-state index in [-0.39, 0.29) is 4.87 Å². The van der Waals surface area contributed by atoms with Crippen LogP contribution in [0.3, 0.4) is 0 Å². The molecular weight excluding hydrogens is 246 g/mol. The normalized spacial score (nSPS) is 10.9. The first-order chi connectivity index (χ1) is 7.68. The van der Waals surface area contributed by atoms with Crippen LogP contribution in [-0.2, 0) is 13.6 Å². The van der Waals surface area contributed by atoms with E-state index < -0.39 is 0 Å². The minimum Gasteiger partial charge on any atom is -0.303 e. The maximum absolute atomic E-state index is 11.4. The molecule has 0 saturated heterocycles. The fourth-order valence-electron chi connectivity index (χ4n) is 1.25. The Morgan fingerprint density at radius 3 is 2.94 bits per heavy atom. The summed E-state index contributed by atoms with van der Waals surface area (Å²) in [5.74, 6) is 0.783. The molecule has 0 bridgehead atoms. The van der Waals surface area contributed by atoms with Gasteiger partial charge in [-0.05, 0) is 17.4 Å². The molecule has 8 heteroatoms. The van der Waals surface area contributed by atoms with Crippen LogP contribution in [0.4, 0.5) is 0 Å². The van der Waals surface area contributed by atoms with Crippen molar-refractivity contribution in [2.24, 2.45) is 7.05 Å². The van der Waals surface area contributed by atoms with Gasteiger partial charge in [0.15, 0.2) is 0 Å². The number of nitrogens with zero attached hydrogens (tertiary/aromatic N) is 5. The van der Waals surface area contributed by atoms with E-state index in [0.29, 0.717) is 6.54 Å². The summed E-state index contributed by atoms with van der Waals surface area (Å²) in [5, 5.41) is 13.8. The molecule has 0 radical (unpaired) electrons. The highest BCUT2D eigenvalue weighted by Crippen LogP contribution is 2.12. The van der Waals surface area contributed by atoms with E-state index in [1.807, 2.05) is 12.3 Å². The summed E-state index contributed by atoms with van der Waals surface area (Å²) in [6.45, 7) is 2.62. The van der Waals surface area contributed by atoms with Crippen molar-refractivity contribution in [2.45, 2.75) is 18.6 Å². The molecule has 0 fully saturated rings. The van der Waals surface area contributed by atoms with Gasteiger partial charge in [-0.15, -0.1) is 5.10 Å². The molecule has 0 atom stereocenters. The zero-order valence-corrected chi connectivity index (χ0v) is 10.6. The lowest BCUT2D eigenvalue weighted by molar-refractivity contribution is 0.662. The molecular formula is C8H11N5OS2. The van der Waals surface area contributed by atoms with Crippen LogP contribution in [0.15, 0.2) is 15.3 Å². The van der Waals surface area contributed by atoms with Crippen LogP contribution in [0, 0.1) is 6.92 Å². The van der Waals surface area contributed by atoms with Crippen LogP contribution in [0.25, 0.3) is 0 Å². The van der Waals surface area contributed by atoms with Crippen LogP contribution in [-0.4, -0.2) is 30.5 Å². The lowest BCUT2D eigenvalue weighted by Gasteiger charge is -2.02. The van der Waals surface area contributed by atoms with Gasteiger partial charge < -0.3 is 4.57 Å². The van der Waals surface area contributed by atoms with Crippen molar-refractivity contribution in [3.63, 3.8) is 0 Å². The Bertz CT molecular complexity index is 529. The third-order valence-corrected chi connectivity index (χ3v) is 3.98. The number of hydrogen-bond donors (Lipinski definition) is 0. The Morgan fingerprint density at radius 2 is 2.38 bits per heavy atom. The van der Waals surface area contributed by atoms with E-state index in [4.69, 9.17) is 0 Å². The fourth-order valence-corrected chi connectivity index (χ4v) is 2.78. The van der Waals surface area contributed by atoms with Gasteiger partial charge >= 0.3 is 4.87 Å². The largest absolute Gasteiger partial charge is 0.307 e. The van der Waals surface area contributed by atoms with E-state index in [0.717, 1.165) is 16.6 Å². The molecule has 0 saturated carbocycles. The number of rotatable bonds is 4. The second-order valence-corrected chi connectivity index (χ2v) is 5.11. The van der Waals surface area contributed by atoms with Gasteiger partial charge in [0.25, 0.3) is 0 Å². The zero-order chi connectivity index (χ0) is 11.5. The minimum absolute atomic E-state index is 0.0918. The van der Waals surface area contributed by atoms with Crippen LogP contribution < -0.4 is 4.87 Å². The van der Waals surface area contributed by atoms with E-state index >= 15 is 0 Å². The first-order valence-corrected chi connectivity index (χ1v) is 6.55. The molecule has 2 aromatic heterocycles. The van der Waals surface area contributed by atoms with E-state index in [1.165, 1.54) is 11.3 Å². The van der Waals surface area contributed by atoms with Crippen LogP contribution in [0.2, 0.25) is 0 Å². The van der Waals surface area contributed by atoms with Gasteiger partial charge in [-0.3, -0.25) is 4.79 Å². The molecule has 0 amide bonds. The second kappa shape index (κ2) is 4.79. The van der Waals surface area contributed by atoms with Gasteiger partial charge in [0.05, 0.1) is 0 Å². The molecule has 2 rings (SSSR count). The number of aromatic nitrogens is 5. The minimum atomic E-state index is 0.0918. The number of aryl methyl sites for hydroxylation is 2. The van der Waals surface area contributed by atoms with Gasteiger partial charge in [-0.1, -0.05) is 23.1 Å². The van der Waals surface area contributed by atoms with Crippen molar-refractivity contribution < 1.29 is 0 Å². The van der Waals surface area contributed by atoms with Crippen molar-refractivity contribution in [1.82, 2.24) is 24.8 Å². The molecule has 0 spiro atoms. The standard InChI is InChI=1S/C8H11N5OS2/c1-6-5-16-8(14)13(6)3-4-15-7-9-10-11-12(7)2/h5H,3-4H2,1-2H3. The van der Waals surface area contributed by atoms with Crippen molar-refractivity contribution in [3.8, 4) is 0 Å². The first kappa shape index (κ1) is 11.3. The summed E-state index contributed by atoms with van der Waals surface area (Å²) < 4.78 is 3.38. The quantitative estimate of drug-likeness (QED) is 0.748. The average molecular weight is 257 g/mol. The third-order valence-electron chi connectivity index (χ3n) is 2.10. The Balaban J connectivity index is 1.94. The SMILES string of the molecule is Cc1csc(=O)n1CCSc1nnnn1C. The number of thioether (sulfide) groups is 1. The molecule has 0 aromatic carbocycles. The Morgan fingerprint density at radius 1 is 1.56 bits per heavy atom. The predicted molar refractivity (Wildman–Crippen MR) is 62.8 cm³/mol. The van der Waals surface area contributed by atoms with Gasteiger partial charge in [-0.2, -0.15) is 0 Å². The van der Waals surface area contributed by atoms with Crippen LogP contribution in [0.5, 0.6) is 0 Å². The third kappa shape index (κ3) is 2.33. The second-order valence-electron chi connectivity index (χ2n) is 3.23. The van der Waals surface area contributed by atoms with Crippen molar-refractivity contribution in [1.29, 1.82) is 0 Å². The lowest BCUT2D eigenvalue weighted by atomic mass is 10.5. The number of thiazole rings is 1. The summed E-state index contributed by atoms with van der Waals surface area (Å²) in [6.07, 6.45) is 0. The molecule has 0 aliphatic heterocycles. The summed E-state index contributed by atoms with van der Waals surface area (Å²) in [4.78, 5) is 11.5. The summed E-state index contributed by atoms with van der Waals surface area (Å²) in [6, 6.07) is 0. The highest BCUT2D eigenvalue weighted by Gasteiger charge is 2.05. The van der Waals surface area contributed by atoms with Gasteiger partial charge in [0.2, 0.25) is 5.16 Å². The molecule has 0 aliphatic carbocycles. The first-order valence-electron chi connectivity index (χ1n) is 4.68. The smallest absolute Gasteiger partial charge is 0.303 e. The molecule has 0 aliphatic rings.